The molecule has 0 saturated carbocycles. The van der Waals surface area contributed by atoms with E-state index in [4.69, 9.17) is 16.9 Å². The number of nitrogens with zero attached hydrogens (tertiary/aromatic N) is 3. The van der Waals surface area contributed by atoms with Gasteiger partial charge in [0.05, 0.1) is 11.6 Å². The highest BCUT2D eigenvalue weighted by atomic mass is 35.5. The monoisotopic (exact) mass is 364 g/mol. The molecule has 126 valence electrons. The molecule has 2 aromatic rings. The number of nitrogens with one attached hydrogen (secondary N) is 2. The fraction of sp³-hybridized carbons (Fsp3) is 0.267. The van der Waals surface area contributed by atoms with Gasteiger partial charge in [0.1, 0.15) is 0 Å². The second kappa shape index (κ2) is 8.82. The Morgan fingerprint density at radius 2 is 2.17 bits per heavy atom. The summed E-state index contributed by atoms with van der Waals surface area (Å²) >= 11 is 7.36. The van der Waals surface area contributed by atoms with E-state index in [9.17, 15) is 10.4 Å². The molecular weight excluding hydrogens is 350 g/mol. The first-order valence-corrected chi connectivity index (χ1v) is 8.56. The van der Waals surface area contributed by atoms with Crippen molar-refractivity contribution in [3.8, 4) is 6.07 Å². The van der Waals surface area contributed by atoms with E-state index in [0.717, 1.165) is 17.7 Å². The largest absolute Gasteiger partial charge is 0.627 e. The molecule has 2 N–H and O–H groups in total. The molecule has 0 radical (unpaired) electrons. The van der Waals surface area contributed by atoms with Crippen LogP contribution in [0.25, 0.3) is 0 Å². The number of hydrogen-bond acceptors (Lipinski definition) is 7. The predicted octanol–water partition coefficient (Wildman–Crippen LogP) is 2.63. The van der Waals surface area contributed by atoms with Gasteiger partial charge in [0.25, 0.3) is 0 Å². The third kappa shape index (κ3) is 4.80. The fourth-order valence-corrected chi connectivity index (χ4v) is 2.91. The first-order chi connectivity index (χ1) is 11.5. The highest BCUT2D eigenvalue weighted by molar-refractivity contribution is 7.99. The second-order valence-electron chi connectivity index (χ2n) is 4.82. The van der Waals surface area contributed by atoms with E-state index in [1.165, 1.54) is 11.8 Å². The number of rotatable bonds is 7. The van der Waals surface area contributed by atoms with Gasteiger partial charge in [0, 0.05) is 12.3 Å². The van der Waals surface area contributed by atoms with Crippen molar-refractivity contribution in [2.45, 2.75) is 25.0 Å². The van der Waals surface area contributed by atoms with Gasteiger partial charge >= 0.3 is 0 Å². The van der Waals surface area contributed by atoms with Gasteiger partial charge in [-0.1, -0.05) is 42.4 Å². The standard InChI is InChI=1S/C15H15ClN5O2S/c1-2-6-24-15-19-13(16)12(21(22)23)14(20-15)18-9-11-5-3-4-10(7-11)8-17/h3-5,7,21H,2,6,9H2,1H3,(H,18,19,20)/q-1. The van der Waals surface area contributed by atoms with E-state index < -0.39 is 5.23 Å². The maximum Gasteiger partial charge on any atom is 0.211 e. The Kier molecular flexibility index (Phi) is 6.78. The lowest BCUT2D eigenvalue weighted by Gasteiger charge is -2.27. The smallest absolute Gasteiger partial charge is 0.211 e. The van der Waals surface area contributed by atoms with Gasteiger partial charge in [-0.25, -0.2) is 4.98 Å². The molecule has 0 bridgehead atoms. The van der Waals surface area contributed by atoms with Crippen molar-refractivity contribution in [3.63, 3.8) is 0 Å². The fourth-order valence-electron chi connectivity index (χ4n) is 1.92. The summed E-state index contributed by atoms with van der Waals surface area (Å²) in [4.78, 5) is 8.21. The lowest BCUT2D eigenvalue weighted by Crippen LogP contribution is -2.96. The minimum absolute atomic E-state index is 0.107. The molecule has 24 heavy (non-hydrogen) atoms. The molecule has 9 heteroatoms. The molecule has 1 aromatic heterocycles. The summed E-state index contributed by atoms with van der Waals surface area (Å²) in [6.07, 6.45) is 0.928. The molecule has 0 saturated heterocycles. The first-order valence-electron chi connectivity index (χ1n) is 7.19. The SMILES string of the molecule is CCCSc1nc(Cl)c([NH+]([O-])[O-])c(NCc2cccc(C#N)c2)n1. The minimum Gasteiger partial charge on any atom is -0.627 e. The number of hydrogen-bond donors (Lipinski definition) is 2. The molecule has 0 aliphatic heterocycles. The Bertz CT molecular complexity index is 751. The van der Waals surface area contributed by atoms with Crippen LogP contribution in [0.3, 0.4) is 0 Å². The zero-order valence-electron chi connectivity index (χ0n) is 12.9. The summed E-state index contributed by atoms with van der Waals surface area (Å²) in [6, 6.07) is 9.03. The summed E-state index contributed by atoms with van der Waals surface area (Å²) in [5.41, 5.74) is 1.07. The average molecular weight is 365 g/mol. The summed E-state index contributed by atoms with van der Waals surface area (Å²) in [5.74, 6) is 0.904. The molecule has 2 rings (SSSR count). The quantitative estimate of drug-likeness (QED) is 0.336. The van der Waals surface area contributed by atoms with Crippen LogP contribution >= 0.6 is 23.4 Å². The summed E-state index contributed by atoms with van der Waals surface area (Å²) in [6.45, 7) is 2.31. The van der Waals surface area contributed by atoms with E-state index in [2.05, 4.69) is 21.4 Å². The third-order valence-corrected chi connectivity index (χ3v) is 4.33. The normalized spacial score (nSPS) is 10.7. The van der Waals surface area contributed by atoms with Crippen LogP contribution in [-0.4, -0.2) is 15.7 Å². The number of benzene rings is 1. The zero-order chi connectivity index (χ0) is 17.5. The zero-order valence-corrected chi connectivity index (χ0v) is 14.4. The van der Waals surface area contributed by atoms with Crippen molar-refractivity contribution in [3.05, 3.63) is 51.0 Å². The lowest BCUT2D eigenvalue weighted by atomic mass is 10.1. The summed E-state index contributed by atoms with van der Waals surface area (Å²) in [5, 5.41) is 33.3. The van der Waals surface area contributed by atoms with Crippen LogP contribution in [0.2, 0.25) is 5.15 Å². The Labute approximate surface area is 148 Å². The molecule has 0 fully saturated rings. The van der Waals surface area contributed by atoms with Crippen molar-refractivity contribution in [1.82, 2.24) is 9.97 Å². The Morgan fingerprint density at radius 1 is 1.38 bits per heavy atom. The molecule has 7 nitrogen and oxygen atoms in total. The molecule has 0 aliphatic carbocycles. The number of aromatic nitrogens is 2. The van der Waals surface area contributed by atoms with E-state index in [-0.39, 0.29) is 16.7 Å². The highest BCUT2D eigenvalue weighted by Crippen LogP contribution is 2.27. The molecule has 0 atom stereocenters. The topological polar surface area (TPSA) is 112 Å². The van der Waals surface area contributed by atoms with Crippen LogP contribution in [-0.2, 0) is 6.54 Å². The number of quaternary nitrogens is 1. The molecule has 1 heterocycles. The van der Waals surface area contributed by atoms with Crippen LogP contribution in [0.5, 0.6) is 0 Å². The number of nitriles is 1. The third-order valence-electron chi connectivity index (χ3n) is 3.00. The highest BCUT2D eigenvalue weighted by Gasteiger charge is 2.16. The van der Waals surface area contributed by atoms with Crippen molar-refractivity contribution >= 4 is 34.9 Å². The molecule has 0 spiro atoms. The Hall–Kier alpha value is -1.89. The van der Waals surface area contributed by atoms with Crippen molar-refractivity contribution in [2.24, 2.45) is 0 Å². The number of thioether (sulfide) groups is 1. The molecule has 0 unspecified atom stereocenters. The van der Waals surface area contributed by atoms with Crippen LogP contribution in [0.15, 0.2) is 29.4 Å². The summed E-state index contributed by atoms with van der Waals surface area (Å²) < 4.78 is 0. The Balaban J connectivity index is 2.25. The molecule has 0 amide bonds. The number of anilines is 1. The van der Waals surface area contributed by atoms with Gasteiger partial charge in [0.15, 0.2) is 16.1 Å². The average Bonchev–Trinajstić information content (AvgIpc) is 2.57. The summed E-state index contributed by atoms with van der Waals surface area (Å²) in [7, 11) is 0. The van der Waals surface area contributed by atoms with E-state index >= 15 is 0 Å². The van der Waals surface area contributed by atoms with Gasteiger partial charge in [-0.3, -0.25) is 0 Å². The lowest BCUT2D eigenvalue weighted by molar-refractivity contribution is -0.714. The van der Waals surface area contributed by atoms with Gasteiger partial charge in [-0.15, -0.1) is 0 Å². The molecular formula is C15H15ClN5O2S-. The molecule has 0 aliphatic rings. The van der Waals surface area contributed by atoms with E-state index in [1.807, 2.05) is 13.0 Å². The first kappa shape index (κ1) is 18.4. The van der Waals surface area contributed by atoms with Gasteiger partial charge in [0.2, 0.25) is 5.69 Å². The van der Waals surface area contributed by atoms with Crippen molar-refractivity contribution < 1.29 is 5.23 Å². The van der Waals surface area contributed by atoms with Crippen LogP contribution in [0, 0.1) is 21.7 Å². The maximum atomic E-state index is 11.3. The number of halogens is 1. The van der Waals surface area contributed by atoms with Crippen LogP contribution in [0.1, 0.15) is 24.5 Å². The Morgan fingerprint density at radius 3 is 2.83 bits per heavy atom. The van der Waals surface area contributed by atoms with Crippen LogP contribution < -0.4 is 10.5 Å². The van der Waals surface area contributed by atoms with Gasteiger partial charge < -0.3 is 21.0 Å². The predicted molar refractivity (Wildman–Crippen MR) is 93.9 cm³/mol. The van der Waals surface area contributed by atoms with E-state index in [1.54, 1.807) is 18.2 Å². The molecule has 1 aromatic carbocycles. The minimum atomic E-state index is -1.44. The van der Waals surface area contributed by atoms with Crippen LogP contribution in [0.4, 0.5) is 11.5 Å². The van der Waals surface area contributed by atoms with Gasteiger partial charge in [-0.05, 0) is 24.1 Å². The van der Waals surface area contributed by atoms with Crippen molar-refractivity contribution in [2.75, 3.05) is 11.1 Å². The van der Waals surface area contributed by atoms with Gasteiger partial charge in [-0.2, -0.15) is 10.2 Å². The maximum absolute atomic E-state index is 11.3. The van der Waals surface area contributed by atoms with Crippen molar-refractivity contribution in [1.29, 1.82) is 5.26 Å². The second-order valence-corrected chi connectivity index (χ2v) is 6.24. The van der Waals surface area contributed by atoms with E-state index in [0.29, 0.717) is 17.3 Å².